The quantitative estimate of drug-likeness (QED) is 0.695. The highest BCUT2D eigenvalue weighted by atomic mass is 16.4. The van der Waals surface area contributed by atoms with Crippen LogP contribution in [-0.4, -0.2) is 47.2 Å². The lowest BCUT2D eigenvalue weighted by Crippen LogP contribution is -2.55. The van der Waals surface area contributed by atoms with Crippen molar-refractivity contribution in [3.63, 3.8) is 0 Å². The summed E-state index contributed by atoms with van der Waals surface area (Å²) in [5, 5.41) is 23.8. The number of carboxylic acids is 1. The number of carbonyl (C=O) groups excluding carboxylic acids is 1. The van der Waals surface area contributed by atoms with E-state index in [-0.39, 0.29) is 24.7 Å². The fourth-order valence-corrected chi connectivity index (χ4v) is 3.06. The zero-order chi connectivity index (χ0) is 19.3. The predicted molar refractivity (Wildman–Crippen MR) is 98.9 cm³/mol. The maximum atomic E-state index is 12.1. The van der Waals surface area contributed by atoms with Gasteiger partial charge in [0.1, 0.15) is 0 Å². The van der Waals surface area contributed by atoms with Crippen LogP contribution in [0.5, 0.6) is 0 Å². The van der Waals surface area contributed by atoms with Crippen molar-refractivity contribution in [3.05, 3.63) is 29.8 Å². The molecule has 2 rings (SSSR count). The molecular weight excluding hydrogens is 332 g/mol. The van der Waals surface area contributed by atoms with Gasteiger partial charge in [0, 0.05) is 17.8 Å². The molecule has 140 valence electrons. The summed E-state index contributed by atoms with van der Waals surface area (Å²) >= 11 is 0. The number of nitriles is 1. The van der Waals surface area contributed by atoms with Crippen LogP contribution >= 0.6 is 0 Å². The monoisotopic (exact) mass is 358 g/mol. The number of aliphatic carboxylic acids is 1. The Morgan fingerprint density at radius 3 is 2.42 bits per heavy atom. The van der Waals surface area contributed by atoms with E-state index in [0.717, 1.165) is 18.4 Å². The van der Waals surface area contributed by atoms with E-state index in [9.17, 15) is 9.59 Å². The molecule has 1 aromatic rings. The Balaban J connectivity index is 1.80. The first-order chi connectivity index (χ1) is 12.2. The number of rotatable bonds is 7. The van der Waals surface area contributed by atoms with Crippen LogP contribution in [-0.2, 0) is 10.2 Å². The third-order valence-corrected chi connectivity index (χ3v) is 4.85. The first-order valence-electron chi connectivity index (χ1n) is 8.80. The second-order valence-corrected chi connectivity index (χ2v) is 7.19. The summed E-state index contributed by atoms with van der Waals surface area (Å²) in [5.74, 6) is -0.830. The van der Waals surface area contributed by atoms with Crippen molar-refractivity contribution in [2.24, 2.45) is 0 Å². The summed E-state index contributed by atoms with van der Waals surface area (Å²) in [6, 6.07) is 9.47. The molecular formula is C19H26N4O3. The normalized spacial score (nSPS) is 19.3. The summed E-state index contributed by atoms with van der Waals surface area (Å²) in [6.45, 7) is 6.35. The highest BCUT2D eigenvalue weighted by molar-refractivity contribution is 5.89. The number of nitrogens with zero attached hydrogens (tertiary/aromatic N) is 2. The zero-order valence-corrected chi connectivity index (χ0v) is 15.5. The van der Waals surface area contributed by atoms with Gasteiger partial charge in [-0.05, 0) is 50.9 Å². The lowest BCUT2D eigenvalue weighted by molar-refractivity contribution is -0.139. The van der Waals surface area contributed by atoms with Gasteiger partial charge in [-0.1, -0.05) is 19.1 Å². The van der Waals surface area contributed by atoms with Crippen molar-refractivity contribution >= 4 is 17.7 Å². The van der Waals surface area contributed by atoms with E-state index in [1.54, 1.807) is 12.1 Å². The molecule has 0 spiro atoms. The molecule has 0 radical (unpaired) electrons. The maximum Gasteiger partial charge on any atom is 0.319 e. The second-order valence-electron chi connectivity index (χ2n) is 7.19. The van der Waals surface area contributed by atoms with Gasteiger partial charge in [-0.3, -0.25) is 9.69 Å². The highest BCUT2D eigenvalue weighted by Gasteiger charge is 2.34. The molecule has 1 aliphatic rings. The number of likely N-dealkylation sites (N-methyl/N-ethyl adjacent to an activating group) is 1. The SMILES string of the molecule is CCN(CC(=O)O)C1CC(NC(=O)Nc2ccc(C(C)(C)C#N)cc2)C1. The molecule has 0 aliphatic heterocycles. The topological polar surface area (TPSA) is 105 Å². The fraction of sp³-hybridized carbons (Fsp3) is 0.526. The Morgan fingerprint density at radius 1 is 1.31 bits per heavy atom. The molecule has 0 saturated heterocycles. The lowest BCUT2D eigenvalue weighted by atomic mass is 9.85. The predicted octanol–water partition coefficient (Wildman–Crippen LogP) is 2.55. The van der Waals surface area contributed by atoms with Gasteiger partial charge in [0.2, 0.25) is 0 Å². The van der Waals surface area contributed by atoms with E-state index in [2.05, 4.69) is 16.7 Å². The van der Waals surface area contributed by atoms with Gasteiger partial charge in [-0.15, -0.1) is 0 Å². The van der Waals surface area contributed by atoms with Crippen LogP contribution < -0.4 is 10.6 Å². The van der Waals surface area contributed by atoms with E-state index in [4.69, 9.17) is 10.4 Å². The minimum Gasteiger partial charge on any atom is -0.480 e. The second kappa shape index (κ2) is 8.19. The Bertz CT molecular complexity index is 688. The van der Waals surface area contributed by atoms with Gasteiger partial charge in [-0.25, -0.2) is 4.79 Å². The number of carboxylic acid groups (broad SMARTS) is 1. The molecule has 1 saturated carbocycles. The van der Waals surface area contributed by atoms with Gasteiger partial charge < -0.3 is 15.7 Å². The third-order valence-electron chi connectivity index (χ3n) is 4.85. The van der Waals surface area contributed by atoms with Gasteiger partial charge in [0.15, 0.2) is 0 Å². The first kappa shape index (κ1) is 19.7. The van der Waals surface area contributed by atoms with Crippen molar-refractivity contribution in [3.8, 4) is 6.07 Å². The van der Waals surface area contributed by atoms with Gasteiger partial charge >= 0.3 is 12.0 Å². The molecule has 7 heteroatoms. The molecule has 3 N–H and O–H groups in total. The number of amides is 2. The van der Waals surface area contributed by atoms with Crippen molar-refractivity contribution in [1.29, 1.82) is 5.26 Å². The average Bonchev–Trinajstić information content (AvgIpc) is 2.56. The first-order valence-corrected chi connectivity index (χ1v) is 8.80. The van der Waals surface area contributed by atoms with Crippen LogP contribution in [0.2, 0.25) is 0 Å². The van der Waals surface area contributed by atoms with Crippen molar-refractivity contribution in [1.82, 2.24) is 10.2 Å². The molecule has 1 fully saturated rings. The molecule has 2 amide bonds. The number of urea groups is 1. The van der Waals surface area contributed by atoms with Gasteiger partial charge in [-0.2, -0.15) is 5.26 Å². The molecule has 0 atom stereocenters. The van der Waals surface area contributed by atoms with E-state index in [0.29, 0.717) is 12.2 Å². The van der Waals surface area contributed by atoms with Crippen LogP contribution in [0.3, 0.4) is 0 Å². The van der Waals surface area contributed by atoms with E-state index in [1.807, 2.05) is 37.8 Å². The van der Waals surface area contributed by atoms with Crippen LogP contribution in [0.1, 0.15) is 39.2 Å². The summed E-state index contributed by atoms with van der Waals surface area (Å²) < 4.78 is 0. The Kier molecular flexibility index (Phi) is 6.22. The Morgan fingerprint density at radius 2 is 1.92 bits per heavy atom. The molecule has 0 aromatic heterocycles. The van der Waals surface area contributed by atoms with Crippen LogP contribution in [0.4, 0.5) is 10.5 Å². The number of nitrogens with one attached hydrogen (secondary N) is 2. The summed E-state index contributed by atoms with van der Waals surface area (Å²) in [4.78, 5) is 24.8. The van der Waals surface area contributed by atoms with Crippen LogP contribution in [0, 0.1) is 11.3 Å². The number of hydrogen-bond acceptors (Lipinski definition) is 4. The number of anilines is 1. The van der Waals surface area contributed by atoms with Crippen molar-refractivity contribution in [2.75, 3.05) is 18.4 Å². The minimum absolute atomic E-state index is 0.0332. The largest absolute Gasteiger partial charge is 0.480 e. The third kappa shape index (κ3) is 4.96. The number of hydrogen-bond donors (Lipinski definition) is 3. The molecule has 0 heterocycles. The molecule has 0 bridgehead atoms. The van der Waals surface area contributed by atoms with Crippen LogP contribution in [0.15, 0.2) is 24.3 Å². The van der Waals surface area contributed by atoms with Crippen molar-refractivity contribution in [2.45, 2.75) is 51.1 Å². The molecule has 0 unspecified atom stereocenters. The summed E-state index contributed by atoms with van der Waals surface area (Å²) in [7, 11) is 0. The minimum atomic E-state index is -0.830. The Hall–Kier alpha value is -2.59. The molecule has 1 aromatic carbocycles. The van der Waals surface area contributed by atoms with E-state index in [1.165, 1.54) is 0 Å². The molecule has 7 nitrogen and oxygen atoms in total. The van der Waals surface area contributed by atoms with Crippen LogP contribution in [0.25, 0.3) is 0 Å². The standard InChI is InChI=1S/C19H26N4O3/c1-4-23(11-17(24)25)16-9-15(10-16)22-18(26)21-14-7-5-13(6-8-14)19(2,3)12-20/h5-8,15-16H,4,9-11H2,1-3H3,(H,24,25)(H2,21,22,26). The molecule has 1 aliphatic carbocycles. The van der Waals surface area contributed by atoms with E-state index < -0.39 is 11.4 Å². The summed E-state index contributed by atoms with van der Waals surface area (Å²) in [6.07, 6.45) is 1.51. The Labute approximate surface area is 154 Å². The zero-order valence-electron chi connectivity index (χ0n) is 15.5. The van der Waals surface area contributed by atoms with Crippen molar-refractivity contribution < 1.29 is 14.7 Å². The lowest BCUT2D eigenvalue weighted by Gasteiger charge is -2.42. The fourth-order valence-electron chi connectivity index (χ4n) is 3.06. The van der Waals surface area contributed by atoms with E-state index >= 15 is 0 Å². The molecule has 26 heavy (non-hydrogen) atoms. The summed E-state index contributed by atoms with van der Waals surface area (Å²) in [5.41, 5.74) is 0.992. The van der Waals surface area contributed by atoms with Gasteiger partial charge in [0.25, 0.3) is 0 Å². The maximum absolute atomic E-state index is 12.1. The highest BCUT2D eigenvalue weighted by Crippen LogP contribution is 2.26. The average molecular weight is 358 g/mol. The number of carbonyl (C=O) groups is 2. The smallest absolute Gasteiger partial charge is 0.319 e. The number of benzene rings is 1. The van der Waals surface area contributed by atoms with Gasteiger partial charge in [0.05, 0.1) is 18.0 Å².